The second-order valence-electron chi connectivity index (χ2n) is 17.8. The Hall–Kier alpha value is -3.93. The highest BCUT2D eigenvalue weighted by atomic mass is 16.6. The highest BCUT2D eigenvalue weighted by Gasteiger charge is 2.19. The number of carbonyl (C=O) groups is 3. The third kappa shape index (κ3) is 52.9. The summed E-state index contributed by atoms with van der Waals surface area (Å²) in [5.74, 6) is -0.974. The van der Waals surface area contributed by atoms with Gasteiger partial charge in [-0.05, 0) is 122 Å². The Balaban J connectivity index is 4.53. The van der Waals surface area contributed by atoms with Crippen LogP contribution in [-0.2, 0) is 28.6 Å². The molecule has 67 heavy (non-hydrogen) atoms. The molecule has 0 aliphatic heterocycles. The molecule has 0 heterocycles. The van der Waals surface area contributed by atoms with Gasteiger partial charge in [0.2, 0.25) is 0 Å². The van der Waals surface area contributed by atoms with Crippen LogP contribution in [0.1, 0.15) is 239 Å². The van der Waals surface area contributed by atoms with Crippen molar-refractivity contribution in [2.45, 2.75) is 245 Å². The monoisotopic (exact) mass is 929 g/mol. The van der Waals surface area contributed by atoms with Gasteiger partial charge < -0.3 is 14.2 Å². The standard InChI is InChI=1S/C61H100O6/c1-4-7-10-13-16-19-22-25-28-31-34-36-39-42-45-48-51-54-60(63)66-57-58(67-61(64)55-52-49-46-43-40-37-33-30-27-24-21-18-15-12-9-6-3)56-65-59(62)53-50-47-44-41-38-35-32-29-26-23-20-17-14-11-8-5-2/h14-19,23-28,32-37,58H,4-13,20-22,29-31,38-57H2,1-3H3/b17-14+,18-15+,19-16+,26-23+,27-24+,28-25+,35-32+,36-34+,37-33+. The topological polar surface area (TPSA) is 78.9 Å². The van der Waals surface area contributed by atoms with E-state index in [1.807, 2.05) is 0 Å². The summed E-state index contributed by atoms with van der Waals surface area (Å²) in [5, 5.41) is 0. The number of ether oxygens (including phenoxy) is 3. The highest BCUT2D eigenvalue weighted by molar-refractivity contribution is 5.71. The van der Waals surface area contributed by atoms with Crippen LogP contribution in [-0.4, -0.2) is 37.2 Å². The number of hydrogen-bond acceptors (Lipinski definition) is 6. The first-order valence-electron chi connectivity index (χ1n) is 27.4. The van der Waals surface area contributed by atoms with Gasteiger partial charge in [-0.2, -0.15) is 0 Å². The summed E-state index contributed by atoms with van der Waals surface area (Å²) >= 11 is 0. The molecular weight excluding hydrogens is 829 g/mol. The van der Waals surface area contributed by atoms with Crippen molar-refractivity contribution in [1.82, 2.24) is 0 Å². The average molecular weight is 929 g/mol. The summed E-state index contributed by atoms with van der Waals surface area (Å²) in [5.41, 5.74) is 0. The van der Waals surface area contributed by atoms with Crippen molar-refractivity contribution in [3.63, 3.8) is 0 Å². The predicted molar refractivity (Wildman–Crippen MR) is 288 cm³/mol. The Bertz CT molecular complexity index is 1390. The molecule has 0 fully saturated rings. The smallest absolute Gasteiger partial charge is 0.306 e. The lowest BCUT2D eigenvalue weighted by Crippen LogP contribution is -2.30. The molecule has 0 saturated carbocycles. The summed E-state index contributed by atoms with van der Waals surface area (Å²) in [4.78, 5) is 38.1. The molecule has 0 aliphatic rings. The second kappa shape index (κ2) is 54.7. The molecule has 6 heteroatoms. The van der Waals surface area contributed by atoms with Crippen LogP contribution < -0.4 is 0 Å². The Morgan fingerprint density at radius 2 is 0.552 bits per heavy atom. The highest BCUT2D eigenvalue weighted by Crippen LogP contribution is 2.12. The molecule has 0 aromatic rings. The number of hydrogen-bond donors (Lipinski definition) is 0. The quantitative estimate of drug-likeness (QED) is 0.0262. The molecule has 1 unspecified atom stereocenters. The van der Waals surface area contributed by atoms with Crippen LogP contribution in [0.5, 0.6) is 0 Å². The van der Waals surface area contributed by atoms with Crippen molar-refractivity contribution in [1.29, 1.82) is 0 Å². The largest absolute Gasteiger partial charge is 0.462 e. The van der Waals surface area contributed by atoms with Gasteiger partial charge in [-0.1, -0.05) is 207 Å². The van der Waals surface area contributed by atoms with Gasteiger partial charge in [0.1, 0.15) is 13.2 Å². The third-order valence-electron chi connectivity index (χ3n) is 11.2. The van der Waals surface area contributed by atoms with Crippen LogP contribution in [0.25, 0.3) is 0 Å². The van der Waals surface area contributed by atoms with E-state index < -0.39 is 6.10 Å². The summed E-state index contributed by atoms with van der Waals surface area (Å²) < 4.78 is 16.8. The lowest BCUT2D eigenvalue weighted by atomic mass is 10.1. The van der Waals surface area contributed by atoms with Gasteiger partial charge in [0.15, 0.2) is 6.10 Å². The first kappa shape index (κ1) is 63.1. The Kier molecular flexibility index (Phi) is 51.5. The average Bonchev–Trinajstić information content (AvgIpc) is 3.33. The molecule has 0 amide bonds. The summed E-state index contributed by atoms with van der Waals surface area (Å²) in [6.07, 6.45) is 73.5. The fourth-order valence-corrected chi connectivity index (χ4v) is 7.02. The van der Waals surface area contributed by atoms with Crippen molar-refractivity contribution in [2.24, 2.45) is 0 Å². The van der Waals surface area contributed by atoms with Crippen molar-refractivity contribution >= 4 is 17.9 Å². The molecule has 0 N–H and O–H groups in total. The number of allylic oxidation sites excluding steroid dienone is 18. The van der Waals surface area contributed by atoms with Gasteiger partial charge in [0, 0.05) is 19.3 Å². The predicted octanol–water partition coefficient (Wildman–Crippen LogP) is 18.3. The molecule has 0 aliphatic carbocycles. The third-order valence-corrected chi connectivity index (χ3v) is 11.2. The first-order chi connectivity index (χ1) is 33.0. The minimum atomic E-state index is -0.811. The van der Waals surface area contributed by atoms with Gasteiger partial charge >= 0.3 is 17.9 Å². The van der Waals surface area contributed by atoms with E-state index in [1.54, 1.807) is 0 Å². The summed E-state index contributed by atoms with van der Waals surface area (Å²) in [6.45, 7) is 6.46. The molecular formula is C61H100O6. The maximum atomic E-state index is 12.8. The SMILES string of the molecule is CCCC/C=C/C/C=C/C/C=C/CCCCCCC(=O)OCC(COC(=O)CCCCCC/C=C/C/C=C/C/C=C/CCCCC)OC(=O)CCCCCC/C=C/C/C=C/C/C=C/CCCC. The van der Waals surface area contributed by atoms with Crippen molar-refractivity contribution in [3.05, 3.63) is 109 Å². The van der Waals surface area contributed by atoms with Crippen molar-refractivity contribution in [2.75, 3.05) is 13.2 Å². The minimum absolute atomic E-state index is 0.108. The number of unbranched alkanes of at least 4 members (excludes halogenated alkanes) is 19. The zero-order valence-corrected chi connectivity index (χ0v) is 43.4. The van der Waals surface area contributed by atoms with Crippen molar-refractivity contribution < 1.29 is 28.6 Å². The number of rotatable bonds is 48. The Labute approximate surface area is 412 Å². The van der Waals surface area contributed by atoms with Crippen LogP contribution in [0, 0.1) is 0 Å². The Morgan fingerprint density at radius 1 is 0.299 bits per heavy atom. The van der Waals surface area contributed by atoms with E-state index in [0.29, 0.717) is 12.8 Å². The van der Waals surface area contributed by atoms with E-state index in [9.17, 15) is 14.4 Å². The molecule has 0 radical (unpaired) electrons. The zero-order valence-electron chi connectivity index (χ0n) is 43.4. The van der Waals surface area contributed by atoms with Gasteiger partial charge in [-0.25, -0.2) is 0 Å². The van der Waals surface area contributed by atoms with Gasteiger partial charge in [-0.3, -0.25) is 14.4 Å². The maximum Gasteiger partial charge on any atom is 0.306 e. The molecule has 0 saturated heterocycles. The van der Waals surface area contributed by atoms with E-state index in [0.717, 1.165) is 135 Å². The van der Waals surface area contributed by atoms with Crippen LogP contribution in [0.15, 0.2) is 109 Å². The van der Waals surface area contributed by atoms with Gasteiger partial charge in [-0.15, -0.1) is 0 Å². The molecule has 0 aromatic heterocycles. The minimum Gasteiger partial charge on any atom is -0.462 e. The fourth-order valence-electron chi connectivity index (χ4n) is 7.02. The van der Waals surface area contributed by atoms with E-state index in [1.165, 1.54) is 64.2 Å². The lowest BCUT2D eigenvalue weighted by Gasteiger charge is -2.18. The van der Waals surface area contributed by atoms with E-state index in [4.69, 9.17) is 14.2 Å². The maximum absolute atomic E-state index is 12.8. The molecule has 1 atom stereocenters. The molecule has 0 spiro atoms. The fraction of sp³-hybridized carbons (Fsp3) is 0.656. The Morgan fingerprint density at radius 3 is 0.866 bits per heavy atom. The molecule has 0 rings (SSSR count). The van der Waals surface area contributed by atoms with E-state index in [-0.39, 0.29) is 37.5 Å². The first-order valence-corrected chi connectivity index (χ1v) is 27.4. The number of carbonyl (C=O) groups excluding carboxylic acids is 3. The second-order valence-corrected chi connectivity index (χ2v) is 17.8. The van der Waals surface area contributed by atoms with E-state index >= 15 is 0 Å². The van der Waals surface area contributed by atoms with Crippen LogP contribution >= 0.6 is 0 Å². The normalized spacial score (nSPS) is 12.9. The zero-order chi connectivity index (χ0) is 48.6. The van der Waals surface area contributed by atoms with Crippen LogP contribution in [0.3, 0.4) is 0 Å². The number of esters is 3. The van der Waals surface area contributed by atoms with Crippen LogP contribution in [0.4, 0.5) is 0 Å². The summed E-state index contributed by atoms with van der Waals surface area (Å²) in [6, 6.07) is 0. The summed E-state index contributed by atoms with van der Waals surface area (Å²) in [7, 11) is 0. The van der Waals surface area contributed by atoms with Crippen molar-refractivity contribution in [3.8, 4) is 0 Å². The molecule has 0 bridgehead atoms. The van der Waals surface area contributed by atoms with Gasteiger partial charge in [0.05, 0.1) is 0 Å². The molecule has 6 nitrogen and oxygen atoms in total. The van der Waals surface area contributed by atoms with Crippen LogP contribution in [0.2, 0.25) is 0 Å². The molecule has 0 aromatic carbocycles. The van der Waals surface area contributed by atoms with E-state index in [2.05, 4.69) is 130 Å². The lowest BCUT2D eigenvalue weighted by molar-refractivity contribution is -0.167. The van der Waals surface area contributed by atoms with Gasteiger partial charge in [0.25, 0.3) is 0 Å². The molecule has 380 valence electrons.